The molecule has 0 unspecified atom stereocenters. The number of anilines is 1. The van der Waals surface area contributed by atoms with Crippen LogP contribution in [-0.2, 0) is 6.54 Å². The number of hydrogen-bond acceptors (Lipinski definition) is 3. The molecule has 2 aromatic carbocycles. The molecule has 0 radical (unpaired) electrons. The van der Waals surface area contributed by atoms with Crippen LogP contribution in [0.5, 0.6) is 0 Å². The zero-order valence-electron chi connectivity index (χ0n) is 17.4. The lowest BCUT2D eigenvalue weighted by Crippen LogP contribution is -2.34. The van der Waals surface area contributed by atoms with Crippen LogP contribution in [-0.4, -0.2) is 25.0 Å². The number of nitrogens with zero attached hydrogens (tertiary/aromatic N) is 1. The molecule has 3 rings (SSSR count). The second-order valence-corrected chi connectivity index (χ2v) is 7.11. The summed E-state index contributed by atoms with van der Waals surface area (Å²) in [6, 6.07) is 20.1. The normalized spacial score (nSPS) is 11.2. The third kappa shape index (κ3) is 6.51. The molecule has 30 heavy (non-hydrogen) atoms. The van der Waals surface area contributed by atoms with Crippen molar-refractivity contribution in [2.45, 2.75) is 26.8 Å². The highest BCUT2D eigenvalue weighted by molar-refractivity contribution is 5.93. The summed E-state index contributed by atoms with van der Waals surface area (Å²) in [5.41, 5.74) is 4.18. The van der Waals surface area contributed by atoms with Crippen LogP contribution in [0.1, 0.15) is 33.7 Å². The van der Waals surface area contributed by atoms with Crippen LogP contribution in [0.3, 0.4) is 0 Å². The lowest BCUT2D eigenvalue weighted by Gasteiger charge is -2.13. The van der Waals surface area contributed by atoms with Crippen molar-refractivity contribution in [3.8, 4) is 0 Å². The first-order chi connectivity index (χ1) is 14.6. The van der Waals surface area contributed by atoms with Crippen molar-refractivity contribution in [1.29, 1.82) is 0 Å². The number of benzene rings is 2. The van der Waals surface area contributed by atoms with Crippen molar-refractivity contribution in [2.75, 3.05) is 18.4 Å². The third-order valence-electron chi connectivity index (χ3n) is 4.58. The number of carbonyl (C=O) groups is 1. The average Bonchev–Trinajstić information content (AvgIpc) is 3.19. The predicted octanol–water partition coefficient (Wildman–Crippen LogP) is 4.27. The number of amides is 1. The molecular weight excluding hydrogens is 376 g/mol. The number of aryl methyl sites for hydroxylation is 2. The second kappa shape index (κ2) is 10.9. The van der Waals surface area contributed by atoms with Crippen LogP contribution in [0.15, 0.2) is 76.3 Å². The minimum Gasteiger partial charge on any atom is -0.459 e. The Bertz CT molecular complexity index is 962. The molecule has 6 heteroatoms. The highest BCUT2D eigenvalue weighted by Crippen LogP contribution is 2.08. The van der Waals surface area contributed by atoms with E-state index in [-0.39, 0.29) is 5.91 Å². The Kier molecular flexibility index (Phi) is 7.66. The van der Waals surface area contributed by atoms with E-state index in [1.54, 1.807) is 6.07 Å². The Morgan fingerprint density at radius 2 is 1.67 bits per heavy atom. The van der Waals surface area contributed by atoms with Crippen LogP contribution < -0.4 is 16.0 Å². The monoisotopic (exact) mass is 404 g/mol. The quantitative estimate of drug-likeness (QED) is 0.298. The van der Waals surface area contributed by atoms with E-state index < -0.39 is 0 Å². The van der Waals surface area contributed by atoms with Gasteiger partial charge in [-0.3, -0.25) is 4.79 Å². The molecule has 3 N–H and O–H groups in total. The molecule has 156 valence electrons. The zero-order chi connectivity index (χ0) is 21.2. The number of carbonyl (C=O) groups excluding carboxylic acids is 1. The number of rotatable bonds is 8. The van der Waals surface area contributed by atoms with Gasteiger partial charge in [0, 0.05) is 24.3 Å². The summed E-state index contributed by atoms with van der Waals surface area (Å²) in [5.74, 6) is 0.886. The molecule has 0 atom stereocenters. The van der Waals surface area contributed by atoms with Crippen LogP contribution in [0.25, 0.3) is 0 Å². The number of furan rings is 1. The summed E-state index contributed by atoms with van der Waals surface area (Å²) in [5, 5.41) is 9.54. The van der Waals surface area contributed by atoms with Gasteiger partial charge in [-0.25, -0.2) is 4.99 Å². The van der Waals surface area contributed by atoms with Crippen molar-refractivity contribution in [1.82, 2.24) is 10.6 Å². The summed E-state index contributed by atoms with van der Waals surface area (Å²) in [6.45, 7) is 5.72. The van der Waals surface area contributed by atoms with Gasteiger partial charge in [0.1, 0.15) is 0 Å². The Hall–Kier alpha value is -3.54. The summed E-state index contributed by atoms with van der Waals surface area (Å²) < 4.78 is 5.21. The van der Waals surface area contributed by atoms with E-state index in [1.165, 1.54) is 11.8 Å². The van der Waals surface area contributed by atoms with Gasteiger partial charge >= 0.3 is 0 Å². The topological polar surface area (TPSA) is 78.7 Å². The van der Waals surface area contributed by atoms with Gasteiger partial charge in [0.25, 0.3) is 5.91 Å². The first-order valence-electron chi connectivity index (χ1n) is 10.1. The van der Waals surface area contributed by atoms with Crippen molar-refractivity contribution in [3.63, 3.8) is 0 Å². The molecule has 0 spiro atoms. The number of guanidine groups is 1. The van der Waals surface area contributed by atoms with Gasteiger partial charge in [-0.05, 0) is 44.0 Å². The van der Waals surface area contributed by atoms with Gasteiger partial charge in [0.15, 0.2) is 11.7 Å². The maximum Gasteiger partial charge on any atom is 0.287 e. The molecule has 0 fully saturated rings. The molecule has 0 aliphatic carbocycles. The van der Waals surface area contributed by atoms with E-state index in [2.05, 4.69) is 47.1 Å². The first-order valence-corrected chi connectivity index (χ1v) is 10.1. The summed E-state index contributed by atoms with van der Waals surface area (Å²) in [7, 11) is 0. The molecule has 0 saturated carbocycles. The number of aliphatic imine (C=N–C) groups is 1. The average molecular weight is 405 g/mol. The number of hydrogen-bond donors (Lipinski definition) is 3. The zero-order valence-corrected chi connectivity index (χ0v) is 17.4. The predicted molar refractivity (Wildman–Crippen MR) is 121 cm³/mol. The fourth-order valence-corrected chi connectivity index (χ4v) is 2.84. The van der Waals surface area contributed by atoms with Gasteiger partial charge in [0.2, 0.25) is 0 Å². The Morgan fingerprint density at radius 1 is 0.933 bits per heavy atom. The SMILES string of the molecule is Cc1ccc(CN=C(NCCCNC(=O)c2occc2C)Nc2ccccc2)cc1. The van der Waals surface area contributed by atoms with Crippen LogP contribution in [0.4, 0.5) is 5.69 Å². The molecule has 0 saturated heterocycles. The Morgan fingerprint density at radius 3 is 2.37 bits per heavy atom. The van der Waals surface area contributed by atoms with Gasteiger partial charge in [0.05, 0.1) is 12.8 Å². The second-order valence-electron chi connectivity index (χ2n) is 7.11. The van der Waals surface area contributed by atoms with E-state index in [9.17, 15) is 4.79 Å². The number of nitrogens with one attached hydrogen (secondary N) is 3. The van der Waals surface area contributed by atoms with Crippen LogP contribution >= 0.6 is 0 Å². The van der Waals surface area contributed by atoms with Crippen molar-refractivity contribution >= 4 is 17.6 Å². The molecule has 3 aromatic rings. The molecule has 0 aliphatic heterocycles. The standard InChI is InChI=1S/C24H28N4O2/c1-18-9-11-20(12-10-18)17-27-24(28-21-7-4-3-5-8-21)26-15-6-14-25-23(29)22-19(2)13-16-30-22/h3-5,7-13,16H,6,14-15,17H2,1-2H3,(H,25,29)(H2,26,27,28). The number of para-hydroxylation sites is 1. The van der Waals surface area contributed by atoms with E-state index in [0.717, 1.165) is 23.2 Å². The van der Waals surface area contributed by atoms with E-state index >= 15 is 0 Å². The molecule has 6 nitrogen and oxygen atoms in total. The molecule has 1 heterocycles. The summed E-state index contributed by atoms with van der Waals surface area (Å²) in [4.78, 5) is 16.8. The molecule has 1 amide bonds. The lowest BCUT2D eigenvalue weighted by molar-refractivity contribution is 0.0925. The van der Waals surface area contributed by atoms with Gasteiger partial charge < -0.3 is 20.4 Å². The summed E-state index contributed by atoms with van der Waals surface area (Å²) >= 11 is 0. The Labute approximate surface area is 177 Å². The van der Waals surface area contributed by atoms with Crippen molar-refractivity contribution in [2.24, 2.45) is 4.99 Å². The largest absolute Gasteiger partial charge is 0.459 e. The third-order valence-corrected chi connectivity index (χ3v) is 4.58. The minimum atomic E-state index is -0.187. The fraction of sp³-hybridized carbons (Fsp3) is 0.250. The summed E-state index contributed by atoms with van der Waals surface area (Å²) in [6.07, 6.45) is 2.28. The van der Waals surface area contributed by atoms with Crippen LogP contribution in [0, 0.1) is 13.8 Å². The van der Waals surface area contributed by atoms with E-state index in [0.29, 0.717) is 31.4 Å². The van der Waals surface area contributed by atoms with E-state index in [4.69, 9.17) is 9.41 Å². The minimum absolute atomic E-state index is 0.187. The lowest BCUT2D eigenvalue weighted by atomic mass is 10.1. The maximum absolute atomic E-state index is 12.1. The molecule has 0 aliphatic rings. The van der Waals surface area contributed by atoms with Crippen LogP contribution in [0.2, 0.25) is 0 Å². The maximum atomic E-state index is 12.1. The van der Waals surface area contributed by atoms with Gasteiger partial charge in [-0.1, -0.05) is 48.0 Å². The highest BCUT2D eigenvalue weighted by atomic mass is 16.3. The van der Waals surface area contributed by atoms with Crippen molar-refractivity contribution < 1.29 is 9.21 Å². The van der Waals surface area contributed by atoms with Crippen molar-refractivity contribution in [3.05, 3.63) is 89.4 Å². The smallest absolute Gasteiger partial charge is 0.287 e. The Balaban J connectivity index is 1.51. The van der Waals surface area contributed by atoms with Gasteiger partial charge in [-0.15, -0.1) is 0 Å². The van der Waals surface area contributed by atoms with Gasteiger partial charge in [-0.2, -0.15) is 0 Å². The molecule has 0 bridgehead atoms. The first kappa shape index (κ1) is 21.2. The molecule has 1 aromatic heterocycles. The molecular formula is C24H28N4O2. The fourth-order valence-electron chi connectivity index (χ4n) is 2.84. The highest BCUT2D eigenvalue weighted by Gasteiger charge is 2.11. The van der Waals surface area contributed by atoms with E-state index in [1.807, 2.05) is 37.3 Å².